The average Bonchev–Trinajstić information content (AvgIpc) is 2.45. The monoisotopic (exact) mass is 307 g/mol. The molecule has 0 bridgehead atoms. The molecule has 0 heterocycles. The highest BCUT2D eigenvalue weighted by molar-refractivity contribution is 6.32. The molecule has 0 aliphatic carbocycles. The molecule has 1 amide bonds. The third-order valence-corrected chi connectivity index (χ3v) is 3.24. The number of nitrogens with zero attached hydrogens (tertiary/aromatic N) is 1. The summed E-state index contributed by atoms with van der Waals surface area (Å²) < 4.78 is 0. The molecule has 0 fully saturated rings. The van der Waals surface area contributed by atoms with Crippen LogP contribution in [0.25, 0.3) is 0 Å². The minimum Gasteiger partial charge on any atom is -0.395 e. The first-order valence-electron chi connectivity index (χ1n) is 7.18. The lowest BCUT2D eigenvalue weighted by atomic mass is 10.1. The van der Waals surface area contributed by atoms with E-state index in [2.05, 4.69) is 25.7 Å². The number of amides is 1. The maximum atomic E-state index is 12.4. The van der Waals surface area contributed by atoms with Crippen LogP contribution in [0.15, 0.2) is 18.2 Å². The van der Waals surface area contributed by atoms with E-state index in [0.29, 0.717) is 35.0 Å². The number of carbonyl (C=O) groups is 1. The average molecular weight is 308 g/mol. The Hall–Kier alpha value is -1.50. The van der Waals surface area contributed by atoms with E-state index in [9.17, 15) is 4.79 Å². The van der Waals surface area contributed by atoms with Crippen LogP contribution in [0.3, 0.4) is 0 Å². The molecule has 1 aromatic rings. The Kier molecular flexibility index (Phi) is 7.28. The van der Waals surface area contributed by atoms with Gasteiger partial charge in [-0.15, -0.1) is 0 Å². The van der Waals surface area contributed by atoms with Crippen molar-refractivity contribution < 1.29 is 9.90 Å². The Balaban J connectivity index is 2.92. The maximum absolute atomic E-state index is 12.4. The van der Waals surface area contributed by atoms with E-state index >= 15 is 0 Å². The van der Waals surface area contributed by atoms with Gasteiger partial charge in [-0.2, -0.15) is 0 Å². The number of benzene rings is 1. The lowest BCUT2D eigenvalue weighted by Gasteiger charge is -2.23. The summed E-state index contributed by atoms with van der Waals surface area (Å²) in [5.41, 5.74) is 1.25. The van der Waals surface area contributed by atoms with Gasteiger partial charge in [0.05, 0.1) is 11.6 Å². The summed E-state index contributed by atoms with van der Waals surface area (Å²) >= 11 is 6.17. The van der Waals surface area contributed by atoms with Crippen LogP contribution in [-0.4, -0.2) is 35.6 Å². The highest BCUT2D eigenvalue weighted by Crippen LogP contribution is 2.18. The predicted molar refractivity (Wildman–Crippen MR) is 86.4 cm³/mol. The molecule has 3 nitrogen and oxygen atoms in total. The van der Waals surface area contributed by atoms with Gasteiger partial charge in [-0.1, -0.05) is 37.3 Å². The third-order valence-electron chi connectivity index (χ3n) is 2.93. The van der Waals surface area contributed by atoms with Crippen molar-refractivity contribution in [2.75, 3.05) is 19.7 Å². The van der Waals surface area contributed by atoms with Gasteiger partial charge in [-0.3, -0.25) is 4.79 Å². The number of rotatable bonds is 5. The zero-order valence-electron chi connectivity index (χ0n) is 12.8. The maximum Gasteiger partial charge on any atom is 0.253 e. The fourth-order valence-corrected chi connectivity index (χ4v) is 2.17. The van der Waals surface area contributed by atoms with E-state index in [1.54, 1.807) is 18.2 Å². The van der Waals surface area contributed by atoms with Crippen LogP contribution in [0.1, 0.15) is 43.1 Å². The van der Waals surface area contributed by atoms with E-state index in [-0.39, 0.29) is 12.5 Å². The van der Waals surface area contributed by atoms with Gasteiger partial charge in [-0.05, 0) is 31.0 Å². The second-order valence-corrected chi connectivity index (χ2v) is 5.61. The Morgan fingerprint density at radius 3 is 2.67 bits per heavy atom. The van der Waals surface area contributed by atoms with Gasteiger partial charge in [0, 0.05) is 30.6 Å². The van der Waals surface area contributed by atoms with E-state index < -0.39 is 0 Å². The van der Waals surface area contributed by atoms with Crippen LogP contribution in [0.2, 0.25) is 5.02 Å². The van der Waals surface area contributed by atoms with Crippen LogP contribution in [0.5, 0.6) is 0 Å². The zero-order chi connectivity index (χ0) is 15.8. The number of aliphatic hydroxyl groups is 1. The van der Waals surface area contributed by atoms with Crippen molar-refractivity contribution in [3.05, 3.63) is 34.3 Å². The number of aliphatic hydroxyl groups excluding tert-OH is 1. The molecular weight excluding hydrogens is 286 g/mol. The van der Waals surface area contributed by atoms with E-state index in [4.69, 9.17) is 16.7 Å². The summed E-state index contributed by atoms with van der Waals surface area (Å²) in [6.45, 7) is 7.57. The molecule has 0 saturated carbocycles. The van der Waals surface area contributed by atoms with Gasteiger partial charge >= 0.3 is 0 Å². The summed E-state index contributed by atoms with van der Waals surface area (Å²) in [5, 5.41) is 9.17. The minimum atomic E-state index is -0.0111. The molecule has 0 unspecified atom stereocenters. The van der Waals surface area contributed by atoms with Crippen molar-refractivity contribution in [1.29, 1.82) is 0 Å². The fourth-order valence-electron chi connectivity index (χ4n) is 1.94. The third kappa shape index (κ3) is 5.41. The van der Waals surface area contributed by atoms with Crippen molar-refractivity contribution in [1.82, 2.24) is 4.90 Å². The van der Waals surface area contributed by atoms with Gasteiger partial charge in [-0.25, -0.2) is 0 Å². The summed E-state index contributed by atoms with van der Waals surface area (Å²) in [6.07, 6.45) is 0.412. The van der Waals surface area contributed by atoms with Crippen LogP contribution in [-0.2, 0) is 0 Å². The fraction of sp³-hybridized carbons (Fsp3) is 0.471. The summed E-state index contributed by atoms with van der Waals surface area (Å²) in [4.78, 5) is 14.2. The molecule has 21 heavy (non-hydrogen) atoms. The van der Waals surface area contributed by atoms with Crippen molar-refractivity contribution in [2.45, 2.75) is 27.2 Å². The molecule has 1 N–H and O–H groups in total. The molecule has 0 spiro atoms. The lowest BCUT2D eigenvalue weighted by molar-refractivity contribution is 0.0746. The van der Waals surface area contributed by atoms with Crippen molar-refractivity contribution in [2.24, 2.45) is 5.92 Å². The number of hydrogen-bond donors (Lipinski definition) is 1. The Morgan fingerprint density at radius 1 is 1.43 bits per heavy atom. The first-order valence-corrected chi connectivity index (χ1v) is 7.56. The molecule has 4 heteroatoms. The first-order chi connectivity index (χ1) is 9.99. The highest BCUT2D eigenvalue weighted by atomic mass is 35.5. The quantitative estimate of drug-likeness (QED) is 0.849. The van der Waals surface area contributed by atoms with E-state index in [1.807, 2.05) is 11.8 Å². The molecule has 0 radical (unpaired) electrons. The molecule has 114 valence electrons. The normalized spacial score (nSPS) is 10.2. The van der Waals surface area contributed by atoms with Gasteiger partial charge < -0.3 is 10.0 Å². The zero-order valence-corrected chi connectivity index (χ0v) is 13.6. The Morgan fingerprint density at radius 2 is 2.14 bits per heavy atom. The van der Waals surface area contributed by atoms with Crippen LogP contribution < -0.4 is 0 Å². The van der Waals surface area contributed by atoms with Crippen molar-refractivity contribution in [3.8, 4) is 11.8 Å². The van der Waals surface area contributed by atoms with Gasteiger partial charge in [0.2, 0.25) is 0 Å². The van der Waals surface area contributed by atoms with Crippen molar-refractivity contribution >= 4 is 17.5 Å². The standard InChI is InChI=1S/C17H22ClNO2/c1-4-19(12-13(2)3)17(21)15-9-8-14(16(18)11-15)7-5-6-10-20/h8-9,11,13,20H,4,6,10,12H2,1-3H3. The molecule has 0 aliphatic heterocycles. The second kappa shape index (κ2) is 8.71. The Bertz CT molecular complexity index is 543. The van der Waals surface area contributed by atoms with Gasteiger partial charge in [0.1, 0.15) is 0 Å². The number of hydrogen-bond acceptors (Lipinski definition) is 2. The van der Waals surface area contributed by atoms with Crippen LogP contribution >= 0.6 is 11.6 Å². The Labute approximate surface area is 131 Å². The molecule has 0 saturated heterocycles. The topological polar surface area (TPSA) is 40.5 Å². The molecule has 1 aromatic carbocycles. The smallest absolute Gasteiger partial charge is 0.253 e. The second-order valence-electron chi connectivity index (χ2n) is 5.21. The van der Waals surface area contributed by atoms with E-state index in [0.717, 1.165) is 6.54 Å². The minimum absolute atomic E-state index is 0.0111. The SMILES string of the molecule is CCN(CC(C)C)C(=O)c1ccc(C#CCCO)c(Cl)c1. The van der Waals surface area contributed by atoms with Gasteiger partial charge in [0.15, 0.2) is 0 Å². The largest absolute Gasteiger partial charge is 0.395 e. The highest BCUT2D eigenvalue weighted by Gasteiger charge is 2.16. The lowest BCUT2D eigenvalue weighted by Crippen LogP contribution is -2.34. The summed E-state index contributed by atoms with van der Waals surface area (Å²) in [6, 6.07) is 5.17. The van der Waals surface area contributed by atoms with Gasteiger partial charge in [0.25, 0.3) is 5.91 Å². The molecular formula is C17H22ClNO2. The summed E-state index contributed by atoms with van der Waals surface area (Å²) in [5.74, 6) is 6.12. The predicted octanol–water partition coefficient (Wildman–Crippen LogP) is 3.19. The summed E-state index contributed by atoms with van der Waals surface area (Å²) in [7, 11) is 0. The molecule has 0 aliphatic rings. The number of carbonyl (C=O) groups excluding carboxylic acids is 1. The first kappa shape index (κ1) is 17.6. The van der Waals surface area contributed by atoms with Crippen molar-refractivity contribution in [3.63, 3.8) is 0 Å². The van der Waals surface area contributed by atoms with E-state index in [1.165, 1.54) is 0 Å². The number of halogens is 1. The molecule has 0 aromatic heterocycles. The van der Waals surface area contributed by atoms with Crippen LogP contribution in [0.4, 0.5) is 0 Å². The molecule has 0 atom stereocenters. The van der Waals surface area contributed by atoms with Crippen LogP contribution in [0, 0.1) is 17.8 Å². The molecule has 1 rings (SSSR count).